The Bertz CT molecular complexity index is 989. The van der Waals surface area contributed by atoms with Crippen LogP contribution in [0.25, 0.3) is 11.4 Å². The third kappa shape index (κ3) is 4.33. The predicted octanol–water partition coefficient (Wildman–Crippen LogP) is 4.28. The van der Waals surface area contributed by atoms with Gasteiger partial charge >= 0.3 is 6.18 Å². The lowest BCUT2D eigenvalue weighted by Gasteiger charge is -2.13. The maximum Gasteiger partial charge on any atom is 0.416 e. The Morgan fingerprint density at radius 1 is 1.18 bits per heavy atom. The number of hydrogen-bond acceptors (Lipinski definition) is 5. The fraction of sp³-hybridized carbons (Fsp3) is 0.222. The maximum atomic E-state index is 12.9. The highest BCUT2D eigenvalue weighted by molar-refractivity contribution is 7.98. The third-order valence-corrected chi connectivity index (χ3v) is 4.76. The van der Waals surface area contributed by atoms with Gasteiger partial charge in [0, 0.05) is 10.5 Å². The zero-order valence-electron chi connectivity index (χ0n) is 14.9. The molecule has 0 aliphatic carbocycles. The monoisotopic (exact) mass is 407 g/mol. The fourth-order valence-electron chi connectivity index (χ4n) is 2.43. The van der Waals surface area contributed by atoms with Crippen LogP contribution in [0.4, 0.5) is 18.9 Å². The molecule has 2 aromatic carbocycles. The van der Waals surface area contributed by atoms with Crippen molar-refractivity contribution in [2.45, 2.75) is 24.0 Å². The number of thioether (sulfide) groups is 1. The number of aromatic nitrogens is 4. The Labute approximate surface area is 163 Å². The summed E-state index contributed by atoms with van der Waals surface area (Å²) in [6.07, 6.45) is -2.57. The SMILES string of the molecule is CSc1ccccc1NC(=O)C(C)n1nnc(-c2cccc(C(F)(F)F)c2)n1. The number of amides is 1. The number of tetrazole rings is 1. The second-order valence-corrected chi connectivity index (χ2v) is 6.73. The number of nitrogens with zero attached hydrogens (tertiary/aromatic N) is 4. The number of benzene rings is 2. The molecule has 3 rings (SSSR count). The number of nitrogens with one attached hydrogen (secondary N) is 1. The number of carbonyl (C=O) groups is 1. The van der Waals surface area contributed by atoms with Crippen molar-refractivity contribution in [1.29, 1.82) is 0 Å². The lowest BCUT2D eigenvalue weighted by atomic mass is 10.1. The standard InChI is InChI=1S/C18H16F3N5OS/c1-11(17(27)22-14-8-3-4-9-15(14)28-2)26-24-16(23-25-26)12-6-5-7-13(10-12)18(19,20)21/h3-11H,1-2H3,(H,22,27). The highest BCUT2D eigenvalue weighted by atomic mass is 32.2. The van der Waals surface area contributed by atoms with E-state index in [9.17, 15) is 18.0 Å². The topological polar surface area (TPSA) is 72.7 Å². The van der Waals surface area contributed by atoms with Gasteiger partial charge in [-0.3, -0.25) is 4.79 Å². The average Bonchev–Trinajstić information content (AvgIpc) is 3.17. The first-order valence-electron chi connectivity index (χ1n) is 8.20. The lowest BCUT2D eigenvalue weighted by molar-refractivity contribution is -0.137. The fourth-order valence-corrected chi connectivity index (χ4v) is 2.98. The summed E-state index contributed by atoms with van der Waals surface area (Å²) < 4.78 is 38.6. The Kier molecular flexibility index (Phi) is 5.68. The molecule has 1 amide bonds. The van der Waals surface area contributed by atoms with Crippen molar-refractivity contribution in [3.05, 3.63) is 54.1 Å². The highest BCUT2D eigenvalue weighted by Gasteiger charge is 2.31. The van der Waals surface area contributed by atoms with Crippen LogP contribution in [-0.4, -0.2) is 32.4 Å². The number of hydrogen-bond donors (Lipinski definition) is 1. The largest absolute Gasteiger partial charge is 0.416 e. The van der Waals surface area contributed by atoms with E-state index < -0.39 is 17.8 Å². The van der Waals surface area contributed by atoms with Gasteiger partial charge in [-0.25, -0.2) is 0 Å². The summed E-state index contributed by atoms with van der Waals surface area (Å²) in [5.41, 5.74) is 0.0206. The molecule has 1 N–H and O–H groups in total. The number of para-hydroxylation sites is 1. The molecule has 0 bridgehead atoms. The minimum absolute atomic E-state index is 0.00950. The second-order valence-electron chi connectivity index (χ2n) is 5.88. The van der Waals surface area contributed by atoms with Gasteiger partial charge in [-0.05, 0) is 42.7 Å². The first-order valence-corrected chi connectivity index (χ1v) is 9.43. The molecule has 0 aliphatic rings. The Balaban J connectivity index is 1.79. The molecular formula is C18H16F3N5OS. The molecule has 28 heavy (non-hydrogen) atoms. The van der Waals surface area contributed by atoms with Gasteiger partial charge in [0.25, 0.3) is 5.91 Å². The first kappa shape index (κ1) is 19.9. The molecule has 10 heteroatoms. The number of carbonyl (C=O) groups excluding carboxylic acids is 1. The molecule has 6 nitrogen and oxygen atoms in total. The quantitative estimate of drug-likeness (QED) is 0.639. The van der Waals surface area contributed by atoms with Gasteiger partial charge < -0.3 is 5.32 Å². The van der Waals surface area contributed by atoms with Crippen molar-refractivity contribution in [2.75, 3.05) is 11.6 Å². The van der Waals surface area contributed by atoms with Crippen LogP contribution in [0.2, 0.25) is 0 Å². The Morgan fingerprint density at radius 2 is 1.93 bits per heavy atom. The molecule has 0 aliphatic heterocycles. The third-order valence-electron chi connectivity index (χ3n) is 3.97. The van der Waals surface area contributed by atoms with Crippen molar-refractivity contribution in [3.8, 4) is 11.4 Å². The molecule has 1 heterocycles. The van der Waals surface area contributed by atoms with Crippen LogP contribution in [0.15, 0.2) is 53.4 Å². The summed E-state index contributed by atoms with van der Waals surface area (Å²) in [7, 11) is 0. The van der Waals surface area contributed by atoms with E-state index in [0.717, 1.165) is 21.8 Å². The Morgan fingerprint density at radius 3 is 2.64 bits per heavy atom. The highest BCUT2D eigenvalue weighted by Crippen LogP contribution is 2.31. The molecule has 1 unspecified atom stereocenters. The smallest absolute Gasteiger partial charge is 0.323 e. The van der Waals surface area contributed by atoms with Crippen molar-refractivity contribution >= 4 is 23.4 Å². The molecule has 0 saturated heterocycles. The van der Waals surface area contributed by atoms with Crippen LogP contribution < -0.4 is 5.32 Å². The van der Waals surface area contributed by atoms with Crippen molar-refractivity contribution in [3.63, 3.8) is 0 Å². The van der Waals surface area contributed by atoms with E-state index in [2.05, 4.69) is 20.7 Å². The average molecular weight is 407 g/mol. The van der Waals surface area contributed by atoms with E-state index in [1.54, 1.807) is 19.1 Å². The Hall–Kier alpha value is -2.88. The van der Waals surface area contributed by atoms with E-state index in [-0.39, 0.29) is 17.3 Å². The normalized spacial score (nSPS) is 12.6. The van der Waals surface area contributed by atoms with Gasteiger partial charge in [0.2, 0.25) is 5.82 Å². The van der Waals surface area contributed by atoms with Crippen molar-refractivity contribution in [1.82, 2.24) is 20.2 Å². The van der Waals surface area contributed by atoms with Crippen LogP contribution >= 0.6 is 11.8 Å². The molecule has 0 fully saturated rings. The first-order chi connectivity index (χ1) is 13.3. The molecule has 146 valence electrons. The number of anilines is 1. The van der Waals surface area contributed by atoms with Gasteiger partial charge in [0.05, 0.1) is 11.3 Å². The minimum atomic E-state index is -4.47. The van der Waals surface area contributed by atoms with Gasteiger partial charge in [0.15, 0.2) is 0 Å². The van der Waals surface area contributed by atoms with Gasteiger partial charge in [-0.15, -0.1) is 22.0 Å². The summed E-state index contributed by atoms with van der Waals surface area (Å²) in [5.74, 6) is -0.357. The molecule has 3 aromatic rings. The summed E-state index contributed by atoms with van der Waals surface area (Å²) in [6.45, 7) is 1.58. The minimum Gasteiger partial charge on any atom is -0.323 e. The molecule has 1 aromatic heterocycles. The van der Waals surface area contributed by atoms with Crippen molar-refractivity contribution in [2.24, 2.45) is 0 Å². The van der Waals surface area contributed by atoms with Crippen molar-refractivity contribution < 1.29 is 18.0 Å². The molecule has 0 saturated carbocycles. The molecule has 1 atom stereocenters. The van der Waals surface area contributed by atoms with E-state index in [1.165, 1.54) is 23.9 Å². The summed E-state index contributed by atoms with van der Waals surface area (Å²) in [6, 6.07) is 11.2. The maximum absolute atomic E-state index is 12.9. The summed E-state index contributed by atoms with van der Waals surface area (Å²) in [4.78, 5) is 14.5. The van der Waals surface area contributed by atoms with E-state index >= 15 is 0 Å². The second kappa shape index (κ2) is 8.01. The van der Waals surface area contributed by atoms with Gasteiger partial charge in [-0.2, -0.15) is 18.0 Å². The molecule has 0 radical (unpaired) electrons. The molecule has 0 spiro atoms. The van der Waals surface area contributed by atoms with Crippen LogP contribution in [0.1, 0.15) is 18.5 Å². The molecular weight excluding hydrogens is 391 g/mol. The zero-order valence-corrected chi connectivity index (χ0v) is 15.8. The number of alkyl halides is 3. The lowest BCUT2D eigenvalue weighted by Crippen LogP contribution is -2.25. The predicted molar refractivity (Wildman–Crippen MR) is 99.8 cm³/mol. The van der Waals surface area contributed by atoms with Crippen LogP contribution in [0.3, 0.4) is 0 Å². The van der Waals surface area contributed by atoms with E-state index in [0.29, 0.717) is 5.69 Å². The van der Waals surface area contributed by atoms with E-state index in [1.807, 2.05) is 18.4 Å². The number of rotatable bonds is 5. The van der Waals surface area contributed by atoms with Gasteiger partial charge in [0.1, 0.15) is 6.04 Å². The zero-order chi connectivity index (χ0) is 20.3. The van der Waals surface area contributed by atoms with Crippen LogP contribution in [-0.2, 0) is 11.0 Å². The summed E-state index contributed by atoms with van der Waals surface area (Å²) in [5, 5.41) is 14.5. The summed E-state index contributed by atoms with van der Waals surface area (Å²) >= 11 is 1.49. The van der Waals surface area contributed by atoms with Crippen LogP contribution in [0.5, 0.6) is 0 Å². The number of halogens is 3. The van der Waals surface area contributed by atoms with Crippen LogP contribution in [0, 0.1) is 0 Å². The van der Waals surface area contributed by atoms with E-state index in [4.69, 9.17) is 0 Å². The van der Waals surface area contributed by atoms with Gasteiger partial charge in [-0.1, -0.05) is 24.3 Å².